The van der Waals surface area contributed by atoms with Crippen molar-refractivity contribution >= 4 is 39.2 Å². The van der Waals surface area contributed by atoms with Gasteiger partial charge in [0.1, 0.15) is 0 Å². The third-order valence-corrected chi connectivity index (χ3v) is 5.74. The Kier molecular flexibility index (Phi) is 3.70. The Balaban J connectivity index is 1.56. The molecule has 0 bridgehead atoms. The van der Waals surface area contributed by atoms with Gasteiger partial charge in [0, 0.05) is 0 Å². The Hall–Kier alpha value is -1.11. The molecule has 2 aromatic rings. The van der Waals surface area contributed by atoms with Crippen molar-refractivity contribution in [3.05, 3.63) is 24.3 Å². The minimum Gasteiger partial charge on any atom is -0.386 e. The summed E-state index contributed by atoms with van der Waals surface area (Å²) < 4.78 is 2.07. The molecule has 2 heterocycles. The van der Waals surface area contributed by atoms with Gasteiger partial charge in [0.25, 0.3) is 0 Å². The minimum absolute atomic E-state index is 0.0763. The number of thioether (sulfide) groups is 1. The van der Waals surface area contributed by atoms with Crippen molar-refractivity contribution in [2.45, 2.75) is 23.3 Å². The lowest BCUT2D eigenvalue weighted by molar-refractivity contribution is -0.152. The molecule has 0 spiro atoms. The summed E-state index contributed by atoms with van der Waals surface area (Å²) in [7, 11) is 0. The molecule has 1 N–H and O–H groups in total. The van der Waals surface area contributed by atoms with Crippen LogP contribution in [-0.4, -0.2) is 45.3 Å². The number of aromatic nitrogens is 1. The third kappa shape index (κ3) is 2.68. The minimum atomic E-state index is -0.657. The molecule has 1 saturated heterocycles. The van der Waals surface area contributed by atoms with Crippen LogP contribution in [0.3, 0.4) is 0 Å². The van der Waals surface area contributed by atoms with Gasteiger partial charge in [-0.3, -0.25) is 4.79 Å². The number of likely N-dealkylation sites (tertiary alicyclic amines) is 1. The first-order chi connectivity index (χ1) is 9.59. The summed E-state index contributed by atoms with van der Waals surface area (Å²) in [5, 5.41) is 9.91. The SMILES string of the molecule is CCC1(O)CN(C(=O)CSc2nc3ccccc3s2)C1. The van der Waals surface area contributed by atoms with Crippen LogP contribution in [-0.2, 0) is 4.79 Å². The van der Waals surface area contributed by atoms with Crippen LogP contribution < -0.4 is 0 Å². The summed E-state index contributed by atoms with van der Waals surface area (Å²) >= 11 is 3.09. The normalized spacial score (nSPS) is 17.2. The molecule has 1 fully saturated rings. The van der Waals surface area contributed by atoms with Crippen LogP contribution in [0.25, 0.3) is 10.2 Å². The summed E-state index contributed by atoms with van der Waals surface area (Å²) in [5.41, 5.74) is 0.327. The average Bonchev–Trinajstić information content (AvgIpc) is 2.84. The highest BCUT2D eigenvalue weighted by Crippen LogP contribution is 2.30. The second kappa shape index (κ2) is 5.35. The maximum Gasteiger partial charge on any atom is 0.233 e. The van der Waals surface area contributed by atoms with Crippen molar-refractivity contribution in [3.8, 4) is 0 Å². The number of carbonyl (C=O) groups is 1. The molecule has 20 heavy (non-hydrogen) atoms. The van der Waals surface area contributed by atoms with E-state index in [0.717, 1.165) is 14.6 Å². The van der Waals surface area contributed by atoms with Gasteiger partial charge in [-0.1, -0.05) is 30.8 Å². The zero-order valence-electron chi connectivity index (χ0n) is 11.2. The first kappa shape index (κ1) is 13.9. The zero-order chi connectivity index (χ0) is 14.2. The van der Waals surface area contributed by atoms with E-state index in [9.17, 15) is 9.90 Å². The van der Waals surface area contributed by atoms with E-state index in [-0.39, 0.29) is 5.91 Å². The number of hydrogen-bond acceptors (Lipinski definition) is 5. The molecule has 4 nitrogen and oxygen atoms in total. The molecule has 3 rings (SSSR count). The largest absolute Gasteiger partial charge is 0.386 e. The van der Waals surface area contributed by atoms with Crippen LogP contribution >= 0.6 is 23.1 Å². The maximum atomic E-state index is 12.0. The molecule has 106 valence electrons. The number of para-hydroxylation sites is 1. The van der Waals surface area contributed by atoms with E-state index < -0.39 is 5.60 Å². The highest BCUT2D eigenvalue weighted by atomic mass is 32.2. The molecular weight excluding hydrogens is 292 g/mol. The van der Waals surface area contributed by atoms with Crippen LogP contribution in [0.5, 0.6) is 0 Å². The van der Waals surface area contributed by atoms with Crippen molar-refractivity contribution in [2.75, 3.05) is 18.8 Å². The Bertz CT molecular complexity index is 602. The summed E-state index contributed by atoms with van der Waals surface area (Å²) in [6, 6.07) is 7.98. The number of carbonyl (C=O) groups excluding carboxylic acids is 1. The molecule has 0 saturated carbocycles. The number of aliphatic hydroxyl groups is 1. The predicted molar refractivity (Wildman–Crippen MR) is 82.2 cm³/mol. The number of benzene rings is 1. The van der Waals surface area contributed by atoms with E-state index in [4.69, 9.17) is 0 Å². The first-order valence-electron chi connectivity index (χ1n) is 6.58. The Morgan fingerprint density at radius 3 is 2.95 bits per heavy atom. The molecule has 0 atom stereocenters. The molecular formula is C14H16N2O2S2. The molecule has 1 aromatic heterocycles. The molecule has 1 aliphatic heterocycles. The zero-order valence-corrected chi connectivity index (χ0v) is 12.8. The summed E-state index contributed by atoms with van der Waals surface area (Å²) in [6.45, 7) is 2.86. The lowest BCUT2D eigenvalue weighted by atomic mass is 9.91. The number of amides is 1. The molecule has 6 heteroatoms. The Morgan fingerprint density at radius 1 is 1.50 bits per heavy atom. The number of β-amino-alcohol motifs (C(OH)–C–C–N with tert-alkyl or cyclic N) is 1. The molecule has 1 amide bonds. The molecule has 0 aliphatic carbocycles. The fraction of sp³-hybridized carbons (Fsp3) is 0.429. The Labute approximate surface area is 125 Å². The van der Waals surface area contributed by atoms with Crippen LogP contribution in [0.2, 0.25) is 0 Å². The van der Waals surface area contributed by atoms with Gasteiger partial charge >= 0.3 is 0 Å². The van der Waals surface area contributed by atoms with Gasteiger partial charge < -0.3 is 10.0 Å². The van der Waals surface area contributed by atoms with Crippen LogP contribution in [0.1, 0.15) is 13.3 Å². The molecule has 1 aromatic carbocycles. The number of fused-ring (bicyclic) bond motifs is 1. The van der Waals surface area contributed by atoms with E-state index in [1.54, 1.807) is 16.2 Å². The molecule has 0 unspecified atom stereocenters. The average molecular weight is 308 g/mol. The fourth-order valence-corrected chi connectivity index (χ4v) is 4.16. The maximum absolute atomic E-state index is 12.0. The summed E-state index contributed by atoms with van der Waals surface area (Å²) in [6.07, 6.45) is 0.696. The fourth-order valence-electron chi connectivity index (χ4n) is 2.19. The van der Waals surface area contributed by atoms with E-state index in [2.05, 4.69) is 4.98 Å². The van der Waals surface area contributed by atoms with Gasteiger partial charge in [0.15, 0.2) is 4.34 Å². The van der Waals surface area contributed by atoms with Crippen LogP contribution in [0.15, 0.2) is 28.6 Å². The second-order valence-corrected chi connectivity index (χ2v) is 7.32. The van der Waals surface area contributed by atoms with Crippen molar-refractivity contribution in [3.63, 3.8) is 0 Å². The van der Waals surface area contributed by atoms with Gasteiger partial charge in [0.05, 0.1) is 34.7 Å². The van der Waals surface area contributed by atoms with Crippen LogP contribution in [0, 0.1) is 0 Å². The smallest absolute Gasteiger partial charge is 0.233 e. The van der Waals surface area contributed by atoms with Crippen molar-refractivity contribution in [1.29, 1.82) is 0 Å². The third-order valence-electron chi connectivity index (χ3n) is 3.57. The summed E-state index contributed by atoms with van der Waals surface area (Å²) in [5.74, 6) is 0.465. The van der Waals surface area contributed by atoms with Gasteiger partial charge in [0.2, 0.25) is 5.91 Å². The number of nitrogens with zero attached hydrogens (tertiary/aromatic N) is 2. The molecule has 0 radical (unpaired) electrons. The number of rotatable bonds is 4. The lowest BCUT2D eigenvalue weighted by Gasteiger charge is -2.46. The lowest BCUT2D eigenvalue weighted by Crippen LogP contribution is -2.63. The highest BCUT2D eigenvalue weighted by Gasteiger charge is 2.41. The van der Waals surface area contributed by atoms with E-state index >= 15 is 0 Å². The van der Waals surface area contributed by atoms with Gasteiger partial charge in [-0.2, -0.15) is 0 Å². The van der Waals surface area contributed by atoms with Gasteiger partial charge in [-0.25, -0.2) is 4.98 Å². The topological polar surface area (TPSA) is 53.4 Å². The van der Waals surface area contributed by atoms with Crippen molar-refractivity contribution < 1.29 is 9.90 Å². The summed E-state index contributed by atoms with van der Waals surface area (Å²) in [4.78, 5) is 18.2. The number of hydrogen-bond donors (Lipinski definition) is 1. The highest BCUT2D eigenvalue weighted by molar-refractivity contribution is 8.01. The van der Waals surface area contributed by atoms with Gasteiger partial charge in [-0.05, 0) is 18.6 Å². The van der Waals surface area contributed by atoms with Gasteiger partial charge in [-0.15, -0.1) is 11.3 Å². The quantitative estimate of drug-likeness (QED) is 0.881. The Morgan fingerprint density at radius 2 is 2.25 bits per heavy atom. The monoisotopic (exact) mass is 308 g/mol. The van der Waals surface area contributed by atoms with Crippen LogP contribution in [0.4, 0.5) is 0 Å². The van der Waals surface area contributed by atoms with Crippen molar-refractivity contribution in [1.82, 2.24) is 9.88 Å². The van der Waals surface area contributed by atoms with Crippen molar-refractivity contribution in [2.24, 2.45) is 0 Å². The van der Waals surface area contributed by atoms with E-state index in [1.807, 2.05) is 31.2 Å². The van der Waals surface area contributed by atoms with E-state index in [1.165, 1.54) is 11.8 Å². The second-order valence-electron chi connectivity index (χ2n) is 5.06. The predicted octanol–water partition coefficient (Wildman–Crippen LogP) is 2.37. The number of thiazole rings is 1. The standard InChI is InChI=1S/C14H16N2O2S2/c1-2-14(18)8-16(9-14)12(17)7-19-13-15-10-5-3-4-6-11(10)20-13/h3-6,18H,2,7-9H2,1H3. The van der Waals surface area contributed by atoms with E-state index in [0.29, 0.717) is 25.3 Å². The first-order valence-corrected chi connectivity index (χ1v) is 8.38. The molecule has 1 aliphatic rings.